The van der Waals surface area contributed by atoms with Gasteiger partial charge in [0.05, 0.1) is 12.3 Å². The van der Waals surface area contributed by atoms with Crippen LogP contribution >= 0.6 is 0 Å². The Hall–Kier alpha value is -2.57. The molecule has 1 aromatic carbocycles. The molecule has 2 atom stereocenters. The predicted molar refractivity (Wildman–Crippen MR) is 99.5 cm³/mol. The highest BCUT2D eigenvalue weighted by molar-refractivity contribution is 6.00. The fraction of sp³-hybridized carbons (Fsp3) is 0.550. The lowest BCUT2D eigenvalue weighted by Gasteiger charge is -2.36. The van der Waals surface area contributed by atoms with Gasteiger partial charge in [0.25, 0.3) is 5.91 Å². The molecule has 2 heterocycles. The monoisotopic (exact) mass is 374 g/mol. The molecular formula is C20H26N2O5. The lowest BCUT2D eigenvalue weighted by atomic mass is 10.0. The zero-order valence-electron chi connectivity index (χ0n) is 15.8. The van der Waals surface area contributed by atoms with E-state index in [-0.39, 0.29) is 30.7 Å². The zero-order valence-corrected chi connectivity index (χ0v) is 15.8. The van der Waals surface area contributed by atoms with E-state index in [1.165, 1.54) is 0 Å². The quantitative estimate of drug-likeness (QED) is 0.738. The Kier molecular flexibility index (Phi) is 5.98. The lowest BCUT2D eigenvalue weighted by molar-refractivity contribution is -0.156. The fourth-order valence-electron chi connectivity index (χ4n) is 3.65. The van der Waals surface area contributed by atoms with E-state index in [2.05, 4.69) is 0 Å². The number of ether oxygens (including phenoxy) is 2. The van der Waals surface area contributed by atoms with Gasteiger partial charge >= 0.3 is 5.97 Å². The lowest BCUT2D eigenvalue weighted by Crippen LogP contribution is -2.50. The molecule has 2 aliphatic heterocycles. The molecule has 0 aromatic heterocycles. The van der Waals surface area contributed by atoms with Gasteiger partial charge in [-0.15, -0.1) is 0 Å². The molecule has 2 amide bonds. The number of fused-ring (bicyclic) bond motifs is 1. The summed E-state index contributed by atoms with van der Waals surface area (Å²) in [5.41, 5.74) is 0.675. The number of para-hydroxylation sites is 2. The molecule has 7 heteroatoms. The molecule has 27 heavy (non-hydrogen) atoms. The van der Waals surface area contributed by atoms with Crippen molar-refractivity contribution in [1.82, 2.24) is 4.90 Å². The van der Waals surface area contributed by atoms with Crippen molar-refractivity contribution in [3.8, 4) is 5.75 Å². The minimum Gasteiger partial charge on any atom is -0.479 e. The Bertz CT molecular complexity index is 720. The molecule has 1 fully saturated rings. The van der Waals surface area contributed by atoms with E-state index < -0.39 is 12.1 Å². The van der Waals surface area contributed by atoms with Gasteiger partial charge in [-0.3, -0.25) is 9.59 Å². The number of esters is 1. The third-order valence-electron chi connectivity index (χ3n) is 5.00. The topological polar surface area (TPSA) is 76.2 Å². The van der Waals surface area contributed by atoms with E-state index in [0.29, 0.717) is 31.0 Å². The van der Waals surface area contributed by atoms with Crippen LogP contribution in [-0.2, 0) is 19.1 Å². The number of amides is 2. The van der Waals surface area contributed by atoms with Gasteiger partial charge in [0.2, 0.25) is 5.91 Å². The van der Waals surface area contributed by atoms with Crippen molar-refractivity contribution < 1.29 is 23.9 Å². The highest BCUT2D eigenvalue weighted by atomic mass is 16.5. The summed E-state index contributed by atoms with van der Waals surface area (Å²) in [5.74, 6) is 0.00524. The van der Waals surface area contributed by atoms with Crippen molar-refractivity contribution in [2.24, 2.45) is 0 Å². The molecule has 0 bridgehead atoms. The summed E-state index contributed by atoms with van der Waals surface area (Å²) in [6, 6.07) is 6.79. The summed E-state index contributed by atoms with van der Waals surface area (Å²) in [6.45, 7) is 4.57. The van der Waals surface area contributed by atoms with Crippen LogP contribution in [0, 0.1) is 0 Å². The maximum atomic E-state index is 12.8. The molecule has 2 unspecified atom stereocenters. The predicted octanol–water partition coefficient (Wildman–Crippen LogP) is 2.13. The van der Waals surface area contributed by atoms with Crippen LogP contribution in [0.15, 0.2) is 24.3 Å². The van der Waals surface area contributed by atoms with Crippen LogP contribution in [0.5, 0.6) is 5.75 Å². The van der Waals surface area contributed by atoms with Crippen molar-refractivity contribution in [1.29, 1.82) is 0 Å². The number of rotatable bonds is 5. The zero-order chi connectivity index (χ0) is 19.4. The largest absolute Gasteiger partial charge is 0.479 e. The second-order valence-corrected chi connectivity index (χ2v) is 6.82. The van der Waals surface area contributed by atoms with Crippen molar-refractivity contribution in [2.45, 2.75) is 51.7 Å². The average molecular weight is 374 g/mol. The van der Waals surface area contributed by atoms with E-state index in [1.54, 1.807) is 23.6 Å². The summed E-state index contributed by atoms with van der Waals surface area (Å²) in [4.78, 5) is 40.7. The van der Waals surface area contributed by atoms with Crippen molar-refractivity contribution in [2.75, 3.05) is 24.6 Å². The molecule has 146 valence electrons. The first-order chi connectivity index (χ1) is 13.0. The maximum Gasteiger partial charge on any atom is 0.328 e. The second kappa shape index (κ2) is 8.41. The first-order valence-corrected chi connectivity index (χ1v) is 9.56. The number of hydrogen-bond donors (Lipinski definition) is 0. The molecule has 3 rings (SSSR count). The molecule has 0 radical (unpaired) electrons. The number of likely N-dealkylation sites (tertiary alicyclic amines) is 1. The molecule has 0 saturated carbocycles. The number of piperidine rings is 1. The van der Waals surface area contributed by atoms with Gasteiger partial charge in [0.1, 0.15) is 11.8 Å². The SMILES string of the molecule is CCOC(=O)C1CCCCN1C(=O)CCN1C(=O)C(C)Oc2ccccc21. The molecule has 7 nitrogen and oxygen atoms in total. The van der Waals surface area contributed by atoms with Gasteiger partial charge in [-0.2, -0.15) is 0 Å². The highest BCUT2D eigenvalue weighted by Crippen LogP contribution is 2.33. The number of benzene rings is 1. The normalized spacial score (nSPS) is 22.1. The highest BCUT2D eigenvalue weighted by Gasteiger charge is 2.35. The fourth-order valence-corrected chi connectivity index (χ4v) is 3.65. The molecule has 0 aliphatic carbocycles. The third kappa shape index (κ3) is 4.07. The minimum atomic E-state index is -0.586. The first kappa shape index (κ1) is 19.2. The summed E-state index contributed by atoms with van der Waals surface area (Å²) in [6.07, 6.45) is 1.97. The van der Waals surface area contributed by atoms with Crippen LogP contribution in [0.25, 0.3) is 0 Å². The summed E-state index contributed by atoms with van der Waals surface area (Å²) in [7, 11) is 0. The Balaban J connectivity index is 1.69. The summed E-state index contributed by atoms with van der Waals surface area (Å²) < 4.78 is 10.7. The third-order valence-corrected chi connectivity index (χ3v) is 5.00. The van der Waals surface area contributed by atoms with Gasteiger partial charge in [-0.05, 0) is 45.2 Å². The number of nitrogens with zero attached hydrogens (tertiary/aromatic N) is 2. The molecule has 2 aliphatic rings. The average Bonchev–Trinajstić information content (AvgIpc) is 2.68. The van der Waals surface area contributed by atoms with E-state index in [1.807, 2.05) is 24.3 Å². The van der Waals surface area contributed by atoms with Crippen LogP contribution in [-0.4, -0.2) is 54.5 Å². The molecule has 0 spiro atoms. The van der Waals surface area contributed by atoms with Crippen LogP contribution in [0.1, 0.15) is 39.5 Å². The van der Waals surface area contributed by atoms with Gasteiger partial charge in [-0.25, -0.2) is 4.79 Å². The van der Waals surface area contributed by atoms with Crippen LogP contribution in [0.2, 0.25) is 0 Å². The Morgan fingerprint density at radius 1 is 1.26 bits per heavy atom. The molecular weight excluding hydrogens is 348 g/mol. The van der Waals surface area contributed by atoms with E-state index in [0.717, 1.165) is 12.8 Å². The molecule has 1 aromatic rings. The number of carbonyl (C=O) groups excluding carboxylic acids is 3. The van der Waals surface area contributed by atoms with Crippen LogP contribution in [0.4, 0.5) is 5.69 Å². The van der Waals surface area contributed by atoms with Crippen LogP contribution < -0.4 is 9.64 Å². The van der Waals surface area contributed by atoms with Crippen LogP contribution in [0.3, 0.4) is 0 Å². The number of hydrogen-bond acceptors (Lipinski definition) is 5. The van der Waals surface area contributed by atoms with Gasteiger partial charge in [0, 0.05) is 19.5 Å². The summed E-state index contributed by atoms with van der Waals surface area (Å²) in [5, 5.41) is 0. The minimum absolute atomic E-state index is 0.128. The van der Waals surface area contributed by atoms with Gasteiger partial charge in [0.15, 0.2) is 6.10 Å². The Morgan fingerprint density at radius 3 is 2.81 bits per heavy atom. The Labute approximate surface area is 159 Å². The maximum absolute atomic E-state index is 12.8. The van der Waals surface area contributed by atoms with Gasteiger partial charge in [-0.1, -0.05) is 12.1 Å². The smallest absolute Gasteiger partial charge is 0.328 e. The number of carbonyl (C=O) groups is 3. The number of anilines is 1. The first-order valence-electron chi connectivity index (χ1n) is 9.56. The Morgan fingerprint density at radius 2 is 2.04 bits per heavy atom. The van der Waals surface area contributed by atoms with Crippen molar-refractivity contribution in [3.05, 3.63) is 24.3 Å². The summed E-state index contributed by atoms with van der Waals surface area (Å²) >= 11 is 0. The van der Waals surface area contributed by atoms with E-state index >= 15 is 0 Å². The molecule has 0 N–H and O–H groups in total. The van der Waals surface area contributed by atoms with Crippen molar-refractivity contribution >= 4 is 23.5 Å². The molecule has 1 saturated heterocycles. The van der Waals surface area contributed by atoms with Gasteiger partial charge < -0.3 is 19.3 Å². The van der Waals surface area contributed by atoms with E-state index in [9.17, 15) is 14.4 Å². The second-order valence-electron chi connectivity index (χ2n) is 6.82. The standard InChI is InChI=1S/C20H26N2O5/c1-3-26-20(25)16-9-6-7-12-21(16)18(23)11-13-22-15-8-4-5-10-17(15)27-14(2)19(22)24/h4-5,8,10,14,16H,3,6-7,9,11-13H2,1-2H3. The van der Waals surface area contributed by atoms with E-state index in [4.69, 9.17) is 9.47 Å². The van der Waals surface area contributed by atoms with Crippen molar-refractivity contribution in [3.63, 3.8) is 0 Å².